The standard InChI is InChI=1S/C13H18INS/c1-13(2)6-7-16-9-12(13)15-11-5-3-4-10(14)8-11/h3-5,8,12,15H,6-7,9H2,1-2H3. The second-order valence-corrected chi connectivity index (χ2v) is 7.42. The van der Waals surface area contributed by atoms with Crippen molar-refractivity contribution in [3.05, 3.63) is 27.8 Å². The van der Waals surface area contributed by atoms with Crippen molar-refractivity contribution in [3.8, 4) is 0 Å². The van der Waals surface area contributed by atoms with Gasteiger partial charge in [0.1, 0.15) is 0 Å². The normalized spacial score (nSPS) is 24.1. The summed E-state index contributed by atoms with van der Waals surface area (Å²) >= 11 is 4.43. The Bertz CT molecular complexity index is 365. The molecule has 1 nitrogen and oxygen atoms in total. The molecule has 1 fully saturated rings. The van der Waals surface area contributed by atoms with Gasteiger partial charge >= 0.3 is 0 Å². The van der Waals surface area contributed by atoms with Crippen LogP contribution >= 0.6 is 34.4 Å². The van der Waals surface area contributed by atoms with Crippen molar-refractivity contribution in [1.29, 1.82) is 0 Å². The molecule has 2 rings (SSSR count). The highest BCUT2D eigenvalue weighted by molar-refractivity contribution is 14.1. The van der Waals surface area contributed by atoms with Crippen LogP contribution in [0.1, 0.15) is 20.3 Å². The molecule has 1 atom stereocenters. The summed E-state index contributed by atoms with van der Waals surface area (Å²) in [6.45, 7) is 4.75. The van der Waals surface area contributed by atoms with E-state index in [1.165, 1.54) is 27.2 Å². The quantitative estimate of drug-likeness (QED) is 0.804. The molecule has 1 aliphatic heterocycles. The van der Waals surface area contributed by atoms with Crippen LogP contribution in [0.2, 0.25) is 0 Å². The number of benzene rings is 1. The van der Waals surface area contributed by atoms with Crippen molar-refractivity contribution in [2.45, 2.75) is 26.3 Å². The van der Waals surface area contributed by atoms with Crippen molar-refractivity contribution < 1.29 is 0 Å². The molecule has 1 aromatic carbocycles. The van der Waals surface area contributed by atoms with E-state index in [4.69, 9.17) is 0 Å². The zero-order valence-corrected chi connectivity index (χ0v) is 12.8. The van der Waals surface area contributed by atoms with Gasteiger partial charge in [-0.1, -0.05) is 19.9 Å². The lowest BCUT2D eigenvalue weighted by Gasteiger charge is -2.39. The number of anilines is 1. The summed E-state index contributed by atoms with van der Waals surface area (Å²) in [5.74, 6) is 2.52. The van der Waals surface area contributed by atoms with Crippen LogP contribution in [0.3, 0.4) is 0 Å². The van der Waals surface area contributed by atoms with Crippen molar-refractivity contribution in [1.82, 2.24) is 0 Å². The van der Waals surface area contributed by atoms with Gasteiger partial charge in [0.2, 0.25) is 0 Å². The van der Waals surface area contributed by atoms with Crippen LogP contribution < -0.4 is 5.32 Å². The van der Waals surface area contributed by atoms with Crippen LogP contribution in [0.4, 0.5) is 5.69 Å². The molecule has 16 heavy (non-hydrogen) atoms. The second-order valence-electron chi connectivity index (χ2n) is 5.02. The SMILES string of the molecule is CC1(C)CCSCC1Nc1cccc(I)c1. The van der Waals surface area contributed by atoms with Crippen LogP contribution in [0, 0.1) is 8.99 Å². The molecule has 0 aromatic heterocycles. The molecule has 0 amide bonds. The fourth-order valence-electron chi connectivity index (χ4n) is 1.95. The Hall–Kier alpha value is 0.100. The largest absolute Gasteiger partial charge is 0.381 e. The fraction of sp³-hybridized carbons (Fsp3) is 0.538. The predicted octanol–water partition coefficient (Wildman–Crippen LogP) is 4.23. The summed E-state index contributed by atoms with van der Waals surface area (Å²) in [5, 5.41) is 3.69. The molecule has 0 radical (unpaired) electrons. The minimum absolute atomic E-state index is 0.409. The van der Waals surface area contributed by atoms with Crippen LogP contribution in [-0.2, 0) is 0 Å². The Kier molecular flexibility index (Phi) is 4.06. The Morgan fingerprint density at radius 2 is 2.25 bits per heavy atom. The summed E-state index contributed by atoms with van der Waals surface area (Å²) in [5.41, 5.74) is 1.67. The van der Waals surface area contributed by atoms with Gasteiger partial charge in [0.25, 0.3) is 0 Å². The number of thioether (sulfide) groups is 1. The van der Waals surface area contributed by atoms with Crippen LogP contribution in [0.15, 0.2) is 24.3 Å². The topological polar surface area (TPSA) is 12.0 Å². The van der Waals surface area contributed by atoms with Crippen molar-refractivity contribution in [3.63, 3.8) is 0 Å². The highest BCUT2D eigenvalue weighted by Gasteiger charge is 2.32. The van der Waals surface area contributed by atoms with Gasteiger partial charge in [0.15, 0.2) is 0 Å². The zero-order valence-electron chi connectivity index (χ0n) is 9.79. The summed E-state index contributed by atoms with van der Waals surface area (Å²) in [6, 6.07) is 9.22. The van der Waals surface area contributed by atoms with Gasteiger partial charge in [-0.05, 0) is 58.4 Å². The van der Waals surface area contributed by atoms with E-state index in [1.807, 2.05) is 0 Å². The maximum atomic E-state index is 3.69. The molecular weight excluding hydrogens is 329 g/mol. The first-order chi connectivity index (χ1) is 7.58. The molecular formula is C13H18INS. The summed E-state index contributed by atoms with van der Waals surface area (Å²) in [4.78, 5) is 0. The molecule has 1 heterocycles. The first-order valence-corrected chi connectivity index (χ1v) is 7.91. The lowest BCUT2D eigenvalue weighted by molar-refractivity contribution is 0.305. The number of hydrogen-bond donors (Lipinski definition) is 1. The van der Waals surface area contributed by atoms with Gasteiger partial charge in [0, 0.05) is 21.1 Å². The highest BCUT2D eigenvalue weighted by Crippen LogP contribution is 2.36. The van der Waals surface area contributed by atoms with E-state index < -0.39 is 0 Å². The zero-order chi connectivity index (χ0) is 11.6. The third-order valence-corrected chi connectivity index (χ3v) is 5.02. The number of halogens is 1. The van der Waals surface area contributed by atoms with Crippen molar-refractivity contribution >= 4 is 40.0 Å². The molecule has 1 aliphatic rings. The Morgan fingerprint density at radius 3 is 2.94 bits per heavy atom. The molecule has 88 valence electrons. The molecule has 0 aliphatic carbocycles. The van der Waals surface area contributed by atoms with Crippen LogP contribution in [0.25, 0.3) is 0 Å². The number of hydrogen-bond acceptors (Lipinski definition) is 2. The van der Waals surface area contributed by atoms with Crippen molar-refractivity contribution in [2.75, 3.05) is 16.8 Å². The van der Waals surface area contributed by atoms with Gasteiger partial charge < -0.3 is 5.32 Å². The second kappa shape index (κ2) is 5.17. The van der Waals surface area contributed by atoms with Crippen LogP contribution in [0.5, 0.6) is 0 Å². The lowest BCUT2D eigenvalue weighted by Crippen LogP contribution is -2.41. The monoisotopic (exact) mass is 347 g/mol. The smallest absolute Gasteiger partial charge is 0.0403 e. The first kappa shape index (κ1) is 12.6. The van der Waals surface area contributed by atoms with E-state index >= 15 is 0 Å². The molecule has 1 unspecified atom stereocenters. The molecule has 1 saturated heterocycles. The maximum Gasteiger partial charge on any atom is 0.0403 e. The minimum Gasteiger partial charge on any atom is -0.381 e. The molecule has 0 bridgehead atoms. The summed E-state index contributed by atoms with van der Waals surface area (Å²) in [7, 11) is 0. The van der Waals surface area contributed by atoms with Crippen molar-refractivity contribution in [2.24, 2.45) is 5.41 Å². The summed E-state index contributed by atoms with van der Waals surface area (Å²) in [6.07, 6.45) is 1.30. The third-order valence-electron chi connectivity index (χ3n) is 3.28. The van der Waals surface area contributed by atoms with E-state index in [2.05, 4.69) is 77.8 Å². The highest BCUT2D eigenvalue weighted by atomic mass is 127. The van der Waals surface area contributed by atoms with E-state index in [0.717, 1.165) is 0 Å². The first-order valence-electron chi connectivity index (χ1n) is 5.68. The fourth-order valence-corrected chi connectivity index (χ4v) is 4.10. The Balaban J connectivity index is 2.08. The molecule has 1 N–H and O–H groups in total. The Labute approximate surface area is 116 Å². The van der Waals surface area contributed by atoms with Crippen LogP contribution in [-0.4, -0.2) is 17.5 Å². The Morgan fingerprint density at radius 1 is 1.44 bits per heavy atom. The van der Waals surface area contributed by atoms with Gasteiger partial charge in [-0.15, -0.1) is 0 Å². The number of nitrogens with one attached hydrogen (secondary N) is 1. The molecule has 0 saturated carbocycles. The molecule has 0 spiro atoms. The average molecular weight is 347 g/mol. The lowest BCUT2D eigenvalue weighted by atomic mass is 9.82. The summed E-state index contributed by atoms with van der Waals surface area (Å²) < 4.78 is 1.30. The van der Waals surface area contributed by atoms with E-state index in [9.17, 15) is 0 Å². The molecule has 1 aromatic rings. The van der Waals surface area contributed by atoms with E-state index in [1.54, 1.807) is 0 Å². The van der Waals surface area contributed by atoms with Gasteiger partial charge in [0.05, 0.1) is 0 Å². The number of rotatable bonds is 2. The average Bonchev–Trinajstić information content (AvgIpc) is 2.21. The minimum atomic E-state index is 0.409. The predicted molar refractivity (Wildman–Crippen MR) is 82.3 cm³/mol. The van der Waals surface area contributed by atoms with Gasteiger partial charge in [-0.2, -0.15) is 11.8 Å². The van der Waals surface area contributed by atoms with E-state index in [0.29, 0.717) is 11.5 Å². The third kappa shape index (κ3) is 3.06. The maximum absolute atomic E-state index is 3.69. The van der Waals surface area contributed by atoms with E-state index in [-0.39, 0.29) is 0 Å². The van der Waals surface area contributed by atoms with Gasteiger partial charge in [-0.25, -0.2) is 0 Å². The van der Waals surface area contributed by atoms with Gasteiger partial charge in [-0.3, -0.25) is 0 Å². The molecule has 3 heteroatoms.